The van der Waals surface area contributed by atoms with Gasteiger partial charge in [0.1, 0.15) is 11.6 Å². The zero-order chi connectivity index (χ0) is 14.8. The smallest absolute Gasteiger partial charge is 0.262 e. The number of aliphatic hydroxyl groups is 1. The standard InChI is InChI=1S/C13H11F2NO3S/c14-10-5-11(15)7-13(6-10)20(18,19)16-12-3-1-9(8-17)2-4-12/h1-7,16-17H,8H2. The van der Waals surface area contributed by atoms with Crippen LogP contribution in [0.3, 0.4) is 0 Å². The average Bonchev–Trinajstić information content (AvgIpc) is 2.38. The number of aliphatic hydroxyl groups excluding tert-OH is 1. The van der Waals surface area contributed by atoms with Crippen molar-refractivity contribution in [3.8, 4) is 0 Å². The van der Waals surface area contributed by atoms with Crippen LogP contribution in [0.5, 0.6) is 0 Å². The van der Waals surface area contributed by atoms with Gasteiger partial charge in [-0.25, -0.2) is 17.2 Å². The molecule has 2 N–H and O–H groups in total. The molecule has 0 spiro atoms. The van der Waals surface area contributed by atoms with Gasteiger partial charge >= 0.3 is 0 Å². The summed E-state index contributed by atoms with van der Waals surface area (Å²) < 4.78 is 52.2. The second kappa shape index (κ2) is 5.56. The average molecular weight is 299 g/mol. The third-order valence-electron chi connectivity index (χ3n) is 2.54. The maximum absolute atomic E-state index is 13.0. The van der Waals surface area contributed by atoms with Gasteiger partial charge in [-0.05, 0) is 29.8 Å². The second-order valence-corrected chi connectivity index (χ2v) is 5.75. The minimum Gasteiger partial charge on any atom is -0.392 e. The van der Waals surface area contributed by atoms with Gasteiger partial charge in [-0.15, -0.1) is 0 Å². The van der Waals surface area contributed by atoms with E-state index in [4.69, 9.17) is 5.11 Å². The van der Waals surface area contributed by atoms with Gasteiger partial charge in [0, 0.05) is 11.8 Å². The Morgan fingerprint density at radius 2 is 1.55 bits per heavy atom. The lowest BCUT2D eigenvalue weighted by Gasteiger charge is -2.08. The maximum atomic E-state index is 13.0. The molecule has 2 aromatic rings. The largest absolute Gasteiger partial charge is 0.392 e. The third-order valence-corrected chi connectivity index (χ3v) is 3.90. The third kappa shape index (κ3) is 3.31. The molecule has 7 heteroatoms. The minimum absolute atomic E-state index is 0.165. The molecule has 2 aromatic carbocycles. The molecule has 0 saturated carbocycles. The predicted molar refractivity (Wildman–Crippen MR) is 69.5 cm³/mol. The van der Waals surface area contributed by atoms with Crippen LogP contribution in [0.1, 0.15) is 5.56 Å². The number of benzene rings is 2. The van der Waals surface area contributed by atoms with Gasteiger partial charge in [0.05, 0.1) is 11.5 Å². The van der Waals surface area contributed by atoms with E-state index in [2.05, 4.69) is 4.72 Å². The highest BCUT2D eigenvalue weighted by Crippen LogP contribution is 2.18. The molecule has 0 bridgehead atoms. The Kier molecular flexibility index (Phi) is 4.01. The summed E-state index contributed by atoms with van der Waals surface area (Å²) in [5.41, 5.74) is 0.844. The van der Waals surface area contributed by atoms with Crippen molar-refractivity contribution in [3.63, 3.8) is 0 Å². The van der Waals surface area contributed by atoms with E-state index in [1.807, 2.05) is 0 Å². The van der Waals surface area contributed by atoms with Crippen LogP contribution >= 0.6 is 0 Å². The summed E-state index contributed by atoms with van der Waals surface area (Å²) in [6.07, 6.45) is 0. The fraction of sp³-hybridized carbons (Fsp3) is 0.0769. The summed E-state index contributed by atoms with van der Waals surface area (Å²) in [5.74, 6) is -1.94. The quantitative estimate of drug-likeness (QED) is 0.910. The molecule has 0 aliphatic carbocycles. The van der Waals surface area contributed by atoms with Crippen LogP contribution in [0, 0.1) is 11.6 Å². The molecule has 0 radical (unpaired) electrons. The molecule has 0 heterocycles. The van der Waals surface area contributed by atoms with E-state index in [-0.39, 0.29) is 12.3 Å². The summed E-state index contributed by atoms with van der Waals surface area (Å²) >= 11 is 0. The Bertz CT molecular complexity index is 695. The van der Waals surface area contributed by atoms with Crippen molar-refractivity contribution in [3.05, 3.63) is 59.7 Å². The lowest BCUT2D eigenvalue weighted by molar-refractivity contribution is 0.282. The van der Waals surface area contributed by atoms with Crippen molar-refractivity contribution in [2.24, 2.45) is 0 Å². The summed E-state index contributed by atoms with van der Waals surface area (Å²) in [7, 11) is -4.07. The number of anilines is 1. The molecule has 20 heavy (non-hydrogen) atoms. The van der Waals surface area contributed by atoms with E-state index >= 15 is 0 Å². The van der Waals surface area contributed by atoms with Crippen molar-refractivity contribution in [1.29, 1.82) is 0 Å². The van der Waals surface area contributed by atoms with Crippen LogP contribution in [-0.4, -0.2) is 13.5 Å². The van der Waals surface area contributed by atoms with E-state index in [0.717, 1.165) is 12.1 Å². The summed E-state index contributed by atoms with van der Waals surface area (Å²) in [6, 6.07) is 8.00. The Hall–Kier alpha value is -1.99. The molecule has 0 fully saturated rings. The highest BCUT2D eigenvalue weighted by Gasteiger charge is 2.16. The van der Waals surface area contributed by atoms with Crippen molar-refractivity contribution in [2.45, 2.75) is 11.5 Å². The van der Waals surface area contributed by atoms with E-state index in [9.17, 15) is 17.2 Å². The van der Waals surface area contributed by atoms with E-state index in [0.29, 0.717) is 11.6 Å². The molecule has 0 saturated heterocycles. The number of halogens is 2. The van der Waals surface area contributed by atoms with Crippen LogP contribution in [0.15, 0.2) is 47.4 Å². The summed E-state index contributed by atoms with van der Waals surface area (Å²) in [4.78, 5) is -0.499. The van der Waals surface area contributed by atoms with Crippen LogP contribution in [-0.2, 0) is 16.6 Å². The van der Waals surface area contributed by atoms with Crippen LogP contribution in [0.2, 0.25) is 0 Å². The van der Waals surface area contributed by atoms with Crippen molar-refractivity contribution in [1.82, 2.24) is 0 Å². The van der Waals surface area contributed by atoms with Crippen LogP contribution in [0.25, 0.3) is 0 Å². The highest BCUT2D eigenvalue weighted by atomic mass is 32.2. The van der Waals surface area contributed by atoms with Crippen molar-refractivity contribution < 1.29 is 22.3 Å². The fourth-order valence-corrected chi connectivity index (χ4v) is 2.68. The molecule has 0 aliphatic heterocycles. The van der Waals surface area contributed by atoms with Gasteiger partial charge in [-0.3, -0.25) is 4.72 Å². The number of hydrogen-bond donors (Lipinski definition) is 2. The number of nitrogens with one attached hydrogen (secondary N) is 1. The predicted octanol–water partition coefficient (Wildman–Crippen LogP) is 2.26. The molecule has 106 valence electrons. The van der Waals surface area contributed by atoms with E-state index in [1.54, 1.807) is 0 Å². The highest BCUT2D eigenvalue weighted by molar-refractivity contribution is 7.92. The Morgan fingerprint density at radius 3 is 2.05 bits per heavy atom. The first-order chi connectivity index (χ1) is 9.40. The van der Waals surface area contributed by atoms with Crippen LogP contribution in [0.4, 0.5) is 14.5 Å². The van der Waals surface area contributed by atoms with Gasteiger partial charge in [0.25, 0.3) is 10.0 Å². The lowest BCUT2D eigenvalue weighted by atomic mass is 10.2. The Morgan fingerprint density at radius 1 is 1.00 bits per heavy atom. The maximum Gasteiger partial charge on any atom is 0.262 e. The molecule has 4 nitrogen and oxygen atoms in total. The van der Waals surface area contributed by atoms with Crippen molar-refractivity contribution >= 4 is 15.7 Å². The summed E-state index contributed by atoms with van der Waals surface area (Å²) in [6.45, 7) is -0.165. The molecule has 0 amide bonds. The van der Waals surface area contributed by atoms with Crippen molar-refractivity contribution in [2.75, 3.05) is 4.72 Å². The van der Waals surface area contributed by atoms with Gasteiger partial charge in [0.2, 0.25) is 0 Å². The van der Waals surface area contributed by atoms with Gasteiger partial charge in [0.15, 0.2) is 0 Å². The minimum atomic E-state index is -4.07. The molecule has 0 unspecified atom stereocenters. The topological polar surface area (TPSA) is 66.4 Å². The molecular weight excluding hydrogens is 288 g/mol. The van der Waals surface area contributed by atoms with Gasteiger partial charge in [-0.1, -0.05) is 12.1 Å². The molecule has 0 aromatic heterocycles. The molecular formula is C13H11F2NO3S. The normalized spacial score (nSPS) is 11.3. The number of sulfonamides is 1. The van der Waals surface area contributed by atoms with E-state index in [1.165, 1.54) is 24.3 Å². The van der Waals surface area contributed by atoms with Gasteiger partial charge < -0.3 is 5.11 Å². The number of rotatable bonds is 4. The Labute approximate surface area is 114 Å². The van der Waals surface area contributed by atoms with E-state index < -0.39 is 26.6 Å². The first-order valence-corrected chi connectivity index (χ1v) is 7.08. The lowest BCUT2D eigenvalue weighted by Crippen LogP contribution is -2.13. The number of hydrogen-bond acceptors (Lipinski definition) is 3. The zero-order valence-electron chi connectivity index (χ0n) is 10.2. The molecule has 0 atom stereocenters. The molecule has 2 rings (SSSR count). The zero-order valence-corrected chi connectivity index (χ0v) is 11.0. The monoisotopic (exact) mass is 299 g/mol. The first-order valence-electron chi connectivity index (χ1n) is 5.59. The first kappa shape index (κ1) is 14.4. The fourth-order valence-electron chi connectivity index (χ4n) is 1.58. The SMILES string of the molecule is O=S(=O)(Nc1ccc(CO)cc1)c1cc(F)cc(F)c1. The summed E-state index contributed by atoms with van der Waals surface area (Å²) in [5, 5.41) is 8.88. The molecule has 0 aliphatic rings. The second-order valence-electron chi connectivity index (χ2n) is 4.07. The van der Waals surface area contributed by atoms with Gasteiger partial charge in [-0.2, -0.15) is 0 Å². The van der Waals surface area contributed by atoms with Crippen LogP contribution < -0.4 is 4.72 Å². The Balaban J connectivity index is 2.30.